The summed E-state index contributed by atoms with van der Waals surface area (Å²) in [5, 5.41) is 56.6. The second-order valence-electron chi connectivity index (χ2n) is 15.8. The Morgan fingerprint density at radius 1 is 0.500 bits per heavy atom. The maximum Gasteiger partial charge on any atom is 0.186 e. The normalized spacial score (nSPS) is 36.9. The van der Waals surface area contributed by atoms with Gasteiger partial charge in [-0.05, 0) is 5.92 Å². The standard InChI is InChI=1S/C16H22O4.C14H18O6.C9H12O2.C7H14O6/c1-10-11(2)15(17-3)19-13-9-18-16(20-14(10)13)12-7-5-4-6-8-12;1-17-14-11(16)10(15)12-9(19-14)7-18-13(20-12)8-5-3-2-4-6-8;1-10-9(11-2)8-6-4-3-5-7-8;1-12-7-6(11)5(10)4(9)3(2-8)13-7/h4-8,10-11,13-16H,9H2,1-3H3;2-6,9-16H,7H2,1H3;3-7,9H,1-2H3;3-11H,2H2,1H3/t10-,11?,13?,14+,15-,16?;9?,10-,11?,12-,13?,14-;;3?,4-,5+,6?,7-/m11.1/s1. The van der Waals surface area contributed by atoms with E-state index in [0.717, 1.165) is 16.7 Å². The molecule has 0 aromatic heterocycles. The first-order valence-corrected chi connectivity index (χ1v) is 21.2. The third-order valence-corrected chi connectivity index (χ3v) is 11.7. The second kappa shape index (κ2) is 25.7. The molecule has 6 N–H and O–H groups in total. The van der Waals surface area contributed by atoms with Gasteiger partial charge in [-0.2, -0.15) is 0 Å². The summed E-state index contributed by atoms with van der Waals surface area (Å²) in [6.07, 6.45) is -11.4. The van der Waals surface area contributed by atoms with Gasteiger partial charge in [-0.1, -0.05) is 105 Å². The molecular weight excluding hydrogens is 840 g/mol. The zero-order valence-corrected chi connectivity index (χ0v) is 37.3. The third kappa shape index (κ3) is 13.1. The SMILES string of the molecule is COC(OC)c1ccccc1.CO[C@@H]1OC(CO)[C@@H](O)[C@H](O)C1O.CO[C@@H]1OC2COC(c3ccccc3)O[C@H]2[C@H](C)C1C.CO[C@@H]1OC2COC(c3ccccc3)O[C@H]2[C@H](O)C1O. The first kappa shape index (κ1) is 51.9. The van der Waals surface area contributed by atoms with Crippen molar-refractivity contribution in [2.75, 3.05) is 55.4 Å². The molecule has 3 aromatic carbocycles. The van der Waals surface area contributed by atoms with Gasteiger partial charge >= 0.3 is 0 Å². The Balaban J connectivity index is 0.000000166. The molecule has 18 heteroatoms. The predicted octanol–water partition coefficient (Wildman–Crippen LogP) is 2.35. The Kier molecular flexibility index (Phi) is 20.9. The van der Waals surface area contributed by atoms with Crippen LogP contribution in [0.4, 0.5) is 0 Å². The van der Waals surface area contributed by atoms with Crippen molar-refractivity contribution in [1.29, 1.82) is 0 Å². The van der Waals surface area contributed by atoms with Crippen LogP contribution in [0.2, 0.25) is 0 Å². The Labute approximate surface area is 374 Å². The maximum atomic E-state index is 10.1. The van der Waals surface area contributed by atoms with Crippen LogP contribution in [0.3, 0.4) is 0 Å². The van der Waals surface area contributed by atoms with E-state index in [9.17, 15) is 25.5 Å². The van der Waals surface area contributed by atoms with E-state index in [-0.39, 0.29) is 37.7 Å². The Hall–Kier alpha value is -3.06. The third-order valence-electron chi connectivity index (χ3n) is 11.7. The summed E-state index contributed by atoms with van der Waals surface area (Å²) in [6, 6.07) is 29.3. The fraction of sp³-hybridized carbons (Fsp3) is 0.609. The highest BCUT2D eigenvalue weighted by Crippen LogP contribution is 2.39. The van der Waals surface area contributed by atoms with Crippen molar-refractivity contribution < 1.29 is 87.5 Å². The Bertz CT molecular complexity index is 1600. The zero-order chi connectivity index (χ0) is 46.3. The van der Waals surface area contributed by atoms with Gasteiger partial charge in [0.2, 0.25) is 0 Å². The van der Waals surface area contributed by atoms with Crippen molar-refractivity contribution in [3.05, 3.63) is 108 Å². The van der Waals surface area contributed by atoms with Crippen molar-refractivity contribution in [1.82, 2.24) is 0 Å². The Morgan fingerprint density at radius 3 is 1.42 bits per heavy atom. The molecule has 0 spiro atoms. The predicted molar refractivity (Wildman–Crippen MR) is 226 cm³/mol. The number of benzene rings is 3. The molecule has 17 atom stereocenters. The van der Waals surface area contributed by atoms with Crippen LogP contribution in [0.15, 0.2) is 91.0 Å². The molecule has 3 aromatic rings. The van der Waals surface area contributed by atoms with Crippen LogP contribution in [0.5, 0.6) is 0 Å². The van der Waals surface area contributed by atoms with Gasteiger partial charge in [-0.25, -0.2) is 0 Å². The van der Waals surface area contributed by atoms with E-state index in [4.69, 9.17) is 61.9 Å². The van der Waals surface area contributed by atoms with Crippen molar-refractivity contribution in [3.63, 3.8) is 0 Å². The molecular formula is C46H66O18. The molecule has 0 saturated carbocycles. The molecule has 0 bridgehead atoms. The van der Waals surface area contributed by atoms with Crippen LogP contribution in [0, 0.1) is 11.8 Å². The van der Waals surface area contributed by atoms with Crippen LogP contribution in [0.25, 0.3) is 0 Å². The molecule has 0 radical (unpaired) electrons. The molecule has 8 rings (SSSR count). The number of hydrogen-bond acceptors (Lipinski definition) is 18. The summed E-state index contributed by atoms with van der Waals surface area (Å²) in [6.45, 7) is 4.72. The fourth-order valence-electron chi connectivity index (χ4n) is 7.82. The quantitative estimate of drug-likeness (QED) is 0.169. The largest absolute Gasteiger partial charge is 0.394 e. The minimum atomic E-state index is -1.36. The summed E-state index contributed by atoms with van der Waals surface area (Å²) in [4.78, 5) is 0. The number of hydrogen-bond donors (Lipinski definition) is 6. The van der Waals surface area contributed by atoms with E-state index < -0.39 is 74.3 Å². The van der Waals surface area contributed by atoms with E-state index in [1.54, 1.807) is 21.3 Å². The molecule has 0 aliphatic carbocycles. The van der Waals surface area contributed by atoms with E-state index in [0.29, 0.717) is 18.4 Å². The molecule has 18 nitrogen and oxygen atoms in total. The van der Waals surface area contributed by atoms with Crippen LogP contribution < -0.4 is 0 Å². The first-order valence-electron chi connectivity index (χ1n) is 21.2. The molecule has 64 heavy (non-hydrogen) atoms. The van der Waals surface area contributed by atoms with Gasteiger partial charge in [0.1, 0.15) is 54.9 Å². The molecule has 0 amide bonds. The highest BCUT2D eigenvalue weighted by atomic mass is 16.8. The molecule has 5 fully saturated rings. The van der Waals surface area contributed by atoms with Crippen LogP contribution >= 0.6 is 0 Å². The summed E-state index contributed by atoms with van der Waals surface area (Å²) in [7, 11) is 7.65. The van der Waals surface area contributed by atoms with E-state index in [1.807, 2.05) is 91.0 Å². The van der Waals surface area contributed by atoms with Gasteiger partial charge in [0.25, 0.3) is 0 Å². The van der Waals surface area contributed by atoms with Gasteiger partial charge in [0.05, 0.1) is 25.9 Å². The lowest BCUT2D eigenvalue weighted by Gasteiger charge is -2.47. The van der Waals surface area contributed by atoms with Crippen LogP contribution in [0.1, 0.15) is 49.4 Å². The molecule has 5 aliphatic rings. The van der Waals surface area contributed by atoms with E-state index >= 15 is 0 Å². The van der Waals surface area contributed by atoms with Gasteiger partial charge in [-0.3, -0.25) is 0 Å². The van der Waals surface area contributed by atoms with Gasteiger partial charge in [0, 0.05) is 58.2 Å². The topological polar surface area (TPSA) is 232 Å². The summed E-state index contributed by atoms with van der Waals surface area (Å²) in [5.41, 5.74) is 2.96. The van der Waals surface area contributed by atoms with Gasteiger partial charge < -0.3 is 87.5 Å². The monoisotopic (exact) mass is 906 g/mol. The highest BCUT2D eigenvalue weighted by Gasteiger charge is 2.49. The van der Waals surface area contributed by atoms with Crippen molar-refractivity contribution in [2.45, 2.75) is 113 Å². The highest BCUT2D eigenvalue weighted by molar-refractivity contribution is 5.18. The molecule has 5 saturated heterocycles. The molecule has 358 valence electrons. The molecule has 5 heterocycles. The first-order chi connectivity index (χ1) is 30.9. The fourth-order valence-corrected chi connectivity index (χ4v) is 7.82. The van der Waals surface area contributed by atoms with Crippen molar-refractivity contribution >= 4 is 0 Å². The summed E-state index contributed by atoms with van der Waals surface area (Å²) >= 11 is 0. The summed E-state index contributed by atoms with van der Waals surface area (Å²) < 4.78 is 64.9. The maximum absolute atomic E-state index is 10.1. The second-order valence-corrected chi connectivity index (χ2v) is 15.8. The van der Waals surface area contributed by atoms with Gasteiger partial charge in [0.15, 0.2) is 37.7 Å². The van der Waals surface area contributed by atoms with Crippen LogP contribution in [-0.2, 0) is 56.8 Å². The Morgan fingerprint density at radius 2 is 0.938 bits per heavy atom. The average molecular weight is 907 g/mol. The van der Waals surface area contributed by atoms with E-state index in [2.05, 4.69) is 13.8 Å². The molecule has 8 unspecified atom stereocenters. The minimum Gasteiger partial charge on any atom is -0.394 e. The van der Waals surface area contributed by atoms with Crippen molar-refractivity contribution in [3.8, 4) is 0 Å². The lowest BCUT2D eigenvalue weighted by Crippen LogP contribution is -2.62. The number of ether oxygens (including phenoxy) is 12. The number of rotatable bonds is 9. The van der Waals surface area contributed by atoms with Crippen molar-refractivity contribution in [2.24, 2.45) is 11.8 Å². The lowest BCUT2D eigenvalue weighted by molar-refractivity contribution is -0.358. The number of aliphatic hydroxyl groups is 6. The molecule has 5 aliphatic heterocycles. The average Bonchev–Trinajstić information content (AvgIpc) is 3.35. The van der Waals surface area contributed by atoms with Crippen LogP contribution in [-0.4, -0.2) is 166 Å². The zero-order valence-electron chi connectivity index (χ0n) is 37.3. The smallest absolute Gasteiger partial charge is 0.186 e. The number of methoxy groups -OCH3 is 5. The van der Waals surface area contributed by atoms with Gasteiger partial charge in [-0.15, -0.1) is 0 Å². The minimum absolute atomic E-state index is 0.0499. The summed E-state index contributed by atoms with van der Waals surface area (Å²) in [5.74, 6) is 0.671. The van der Waals surface area contributed by atoms with E-state index in [1.165, 1.54) is 14.2 Å². The number of aliphatic hydroxyl groups excluding tert-OH is 6. The lowest BCUT2D eigenvalue weighted by atomic mass is 9.84. The number of fused-ring (bicyclic) bond motifs is 2.